The van der Waals surface area contributed by atoms with E-state index in [1.807, 2.05) is 11.7 Å². The van der Waals surface area contributed by atoms with Crippen LogP contribution in [0.5, 0.6) is 0 Å². The largest absolute Gasteiger partial charge is 0.308 e. The second kappa shape index (κ2) is 5.67. The molecule has 1 aromatic heterocycles. The van der Waals surface area contributed by atoms with Crippen molar-refractivity contribution in [2.75, 3.05) is 0 Å². The van der Waals surface area contributed by atoms with Crippen LogP contribution in [0.2, 0.25) is 0 Å². The van der Waals surface area contributed by atoms with Crippen LogP contribution < -0.4 is 5.32 Å². The van der Waals surface area contributed by atoms with Crippen LogP contribution in [0.4, 0.5) is 0 Å². The van der Waals surface area contributed by atoms with Gasteiger partial charge in [-0.1, -0.05) is 27.2 Å². The predicted octanol–water partition coefficient (Wildman–Crippen LogP) is 3.21. The monoisotopic (exact) mass is 237 g/mol. The molecule has 0 aliphatic carbocycles. The molecule has 0 radical (unpaired) electrons. The van der Waals surface area contributed by atoms with Gasteiger partial charge in [0.2, 0.25) is 0 Å². The van der Waals surface area contributed by atoms with Gasteiger partial charge in [-0.25, -0.2) is 0 Å². The molecule has 0 aromatic carbocycles. The second-order valence-corrected chi connectivity index (χ2v) is 5.86. The SMILES string of the molecule is CCCC(C)(C)NCc1cn(C)nc1C(C)C. The Morgan fingerprint density at radius 3 is 2.59 bits per heavy atom. The van der Waals surface area contributed by atoms with Crippen molar-refractivity contribution < 1.29 is 0 Å². The lowest BCUT2D eigenvalue weighted by molar-refractivity contribution is 0.356. The number of aryl methyl sites for hydroxylation is 1. The van der Waals surface area contributed by atoms with Gasteiger partial charge >= 0.3 is 0 Å². The van der Waals surface area contributed by atoms with E-state index in [1.165, 1.54) is 24.1 Å². The van der Waals surface area contributed by atoms with Gasteiger partial charge in [0.05, 0.1) is 5.69 Å². The number of rotatable bonds is 6. The van der Waals surface area contributed by atoms with Crippen molar-refractivity contribution in [1.82, 2.24) is 15.1 Å². The molecule has 1 heterocycles. The van der Waals surface area contributed by atoms with Crippen LogP contribution in [0.25, 0.3) is 0 Å². The molecule has 3 nitrogen and oxygen atoms in total. The van der Waals surface area contributed by atoms with E-state index in [0.29, 0.717) is 5.92 Å². The molecule has 0 fully saturated rings. The van der Waals surface area contributed by atoms with E-state index >= 15 is 0 Å². The zero-order valence-electron chi connectivity index (χ0n) is 12.2. The first-order valence-corrected chi connectivity index (χ1v) is 6.63. The summed E-state index contributed by atoms with van der Waals surface area (Å²) in [7, 11) is 1.99. The maximum Gasteiger partial charge on any atom is 0.0694 e. The molecule has 0 aliphatic heterocycles. The molecule has 0 bridgehead atoms. The first kappa shape index (κ1) is 14.2. The summed E-state index contributed by atoms with van der Waals surface area (Å²) < 4.78 is 1.92. The minimum absolute atomic E-state index is 0.207. The third-order valence-electron chi connectivity index (χ3n) is 3.12. The van der Waals surface area contributed by atoms with Gasteiger partial charge in [-0.3, -0.25) is 4.68 Å². The third kappa shape index (κ3) is 4.15. The molecular weight excluding hydrogens is 210 g/mol. The molecule has 17 heavy (non-hydrogen) atoms. The maximum atomic E-state index is 4.53. The summed E-state index contributed by atoms with van der Waals surface area (Å²) in [6.45, 7) is 12.1. The zero-order chi connectivity index (χ0) is 13.1. The summed E-state index contributed by atoms with van der Waals surface area (Å²) in [5.74, 6) is 0.488. The Morgan fingerprint density at radius 2 is 2.06 bits per heavy atom. The van der Waals surface area contributed by atoms with E-state index in [2.05, 4.69) is 51.2 Å². The Kier molecular flexibility index (Phi) is 4.75. The quantitative estimate of drug-likeness (QED) is 0.823. The highest BCUT2D eigenvalue weighted by Gasteiger charge is 2.18. The fourth-order valence-corrected chi connectivity index (χ4v) is 2.23. The summed E-state index contributed by atoms with van der Waals surface area (Å²) in [4.78, 5) is 0. The van der Waals surface area contributed by atoms with Crippen molar-refractivity contribution in [2.45, 2.75) is 65.5 Å². The van der Waals surface area contributed by atoms with Crippen LogP contribution in [-0.2, 0) is 13.6 Å². The van der Waals surface area contributed by atoms with E-state index < -0.39 is 0 Å². The summed E-state index contributed by atoms with van der Waals surface area (Å²) in [5.41, 5.74) is 2.75. The Labute approximate surface area is 106 Å². The average Bonchev–Trinajstić information content (AvgIpc) is 2.57. The lowest BCUT2D eigenvalue weighted by atomic mass is 9.98. The highest BCUT2D eigenvalue weighted by molar-refractivity contribution is 5.20. The Hall–Kier alpha value is -0.830. The van der Waals surface area contributed by atoms with E-state index in [9.17, 15) is 0 Å². The highest BCUT2D eigenvalue weighted by Crippen LogP contribution is 2.19. The molecule has 1 aromatic rings. The third-order valence-corrected chi connectivity index (χ3v) is 3.12. The van der Waals surface area contributed by atoms with Crippen LogP contribution in [-0.4, -0.2) is 15.3 Å². The van der Waals surface area contributed by atoms with E-state index in [0.717, 1.165) is 6.54 Å². The molecule has 1 rings (SSSR count). The molecule has 0 amide bonds. The van der Waals surface area contributed by atoms with Gasteiger partial charge in [0, 0.05) is 30.9 Å². The van der Waals surface area contributed by atoms with Crippen molar-refractivity contribution in [2.24, 2.45) is 7.05 Å². The summed E-state index contributed by atoms with van der Waals surface area (Å²) in [5, 5.41) is 8.16. The highest BCUT2D eigenvalue weighted by atomic mass is 15.3. The van der Waals surface area contributed by atoms with Crippen LogP contribution in [0, 0.1) is 0 Å². The van der Waals surface area contributed by atoms with Gasteiger partial charge in [-0.15, -0.1) is 0 Å². The van der Waals surface area contributed by atoms with Crippen LogP contribution >= 0.6 is 0 Å². The maximum absolute atomic E-state index is 4.53. The number of aromatic nitrogens is 2. The van der Waals surface area contributed by atoms with Gasteiger partial charge in [-0.2, -0.15) is 5.10 Å². The fourth-order valence-electron chi connectivity index (χ4n) is 2.23. The molecule has 0 unspecified atom stereocenters. The van der Waals surface area contributed by atoms with Crippen LogP contribution in [0.1, 0.15) is 64.6 Å². The topological polar surface area (TPSA) is 29.9 Å². The Balaban J connectivity index is 2.68. The summed E-state index contributed by atoms with van der Waals surface area (Å²) in [6.07, 6.45) is 4.54. The normalized spacial score (nSPS) is 12.4. The van der Waals surface area contributed by atoms with Gasteiger partial charge in [0.15, 0.2) is 0 Å². The number of hydrogen-bond donors (Lipinski definition) is 1. The first-order valence-electron chi connectivity index (χ1n) is 6.63. The number of hydrogen-bond acceptors (Lipinski definition) is 2. The summed E-state index contributed by atoms with van der Waals surface area (Å²) >= 11 is 0. The number of nitrogens with one attached hydrogen (secondary N) is 1. The Bertz CT molecular complexity index is 350. The standard InChI is InChI=1S/C14H27N3/c1-7-8-14(4,5)15-9-12-10-17(6)16-13(12)11(2)3/h10-11,15H,7-9H2,1-6H3. The molecule has 0 atom stereocenters. The van der Waals surface area contributed by atoms with Gasteiger partial charge in [0.1, 0.15) is 0 Å². The smallest absolute Gasteiger partial charge is 0.0694 e. The lowest BCUT2D eigenvalue weighted by Crippen LogP contribution is -2.38. The predicted molar refractivity (Wildman–Crippen MR) is 73.1 cm³/mol. The van der Waals surface area contributed by atoms with Gasteiger partial charge < -0.3 is 5.32 Å². The average molecular weight is 237 g/mol. The second-order valence-electron chi connectivity index (χ2n) is 5.86. The Morgan fingerprint density at radius 1 is 1.41 bits per heavy atom. The minimum atomic E-state index is 0.207. The molecular formula is C14H27N3. The lowest BCUT2D eigenvalue weighted by Gasteiger charge is -2.26. The zero-order valence-corrected chi connectivity index (χ0v) is 12.2. The van der Waals surface area contributed by atoms with Gasteiger partial charge in [-0.05, 0) is 26.2 Å². The van der Waals surface area contributed by atoms with E-state index in [-0.39, 0.29) is 5.54 Å². The molecule has 0 spiro atoms. The molecule has 0 aliphatic rings. The number of nitrogens with zero attached hydrogens (tertiary/aromatic N) is 2. The van der Waals surface area contributed by atoms with Crippen molar-refractivity contribution in [3.05, 3.63) is 17.5 Å². The van der Waals surface area contributed by atoms with Crippen molar-refractivity contribution in [1.29, 1.82) is 0 Å². The molecule has 98 valence electrons. The summed E-state index contributed by atoms with van der Waals surface area (Å²) in [6, 6.07) is 0. The molecule has 0 saturated carbocycles. The van der Waals surface area contributed by atoms with Crippen molar-refractivity contribution in [3.63, 3.8) is 0 Å². The van der Waals surface area contributed by atoms with Crippen molar-refractivity contribution >= 4 is 0 Å². The van der Waals surface area contributed by atoms with E-state index in [4.69, 9.17) is 0 Å². The van der Waals surface area contributed by atoms with Crippen molar-refractivity contribution in [3.8, 4) is 0 Å². The minimum Gasteiger partial charge on any atom is -0.308 e. The molecule has 3 heteroatoms. The van der Waals surface area contributed by atoms with E-state index in [1.54, 1.807) is 0 Å². The molecule has 0 saturated heterocycles. The van der Waals surface area contributed by atoms with Crippen LogP contribution in [0.3, 0.4) is 0 Å². The van der Waals surface area contributed by atoms with Gasteiger partial charge in [0.25, 0.3) is 0 Å². The fraction of sp³-hybridized carbons (Fsp3) is 0.786. The first-order chi connectivity index (χ1) is 7.85. The van der Waals surface area contributed by atoms with Crippen LogP contribution in [0.15, 0.2) is 6.20 Å². The molecule has 1 N–H and O–H groups in total.